The van der Waals surface area contributed by atoms with Crippen LogP contribution in [0.5, 0.6) is 5.75 Å². The summed E-state index contributed by atoms with van der Waals surface area (Å²) in [5.41, 5.74) is 2.40. The van der Waals surface area contributed by atoms with E-state index in [1.165, 1.54) is 11.9 Å². The molecule has 3 N–H and O–H groups in total. The fourth-order valence-corrected chi connectivity index (χ4v) is 4.04. The minimum absolute atomic E-state index is 0.132. The molecular formula is C19H23N5O4S. The molecule has 4 rings (SSSR count). The number of aromatic nitrogens is 4. The number of aliphatic hydroxyl groups excluding tert-OH is 2. The summed E-state index contributed by atoms with van der Waals surface area (Å²) in [5, 5.41) is 22.8. The van der Waals surface area contributed by atoms with Gasteiger partial charge in [0.25, 0.3) is 0 Å². The molecule has 3 aromatic rings. The van der Waals surface area contributed by atoms with E-state index in [0.717, 1.165) is 11.5 Å². The summed E-state index contributed by atoms with van der Waals surface area (Å²) < 4.78 is 12.6. The highest BCUT2D eigenvalue weighted by atomic mass is 32.2. The molecule has 10 heteroatoms. The third-order valence-electron chi connectivity index (χ3n) is 4.77. The van der Waals surface area contributed by atoms with E-state index in [0.29, 0.717) is 29.3 Å². The van der Waals surface area contributed by atoms with E-state index < -0.39 is 12.3 Å². The SMILES string of the molecule is COc1ccc(CSCNc2ncnc3c2ncn3[C@@H]2O[C@H](CO)C[C@H]2O)cc1. The van der Waals surface area contributed by atoms with Crippen molar-refractivity contribution in [2.75, 3.05) is 24.9 Å². The molecule has 154 valence electrons. The maximum absolute atomic E-state index is 10.3. The molecule has 0 amide bonds. The number of benzene rings is 1. The lowest BCUT2D eigenvalue weighted by Crippen LogP contribution is -2.19. The zero-order chi connectivity index (χ0) is 20.2. The van der Waals surface area contributed by atoms with Gasteiger partial charge in [0, 0.05) is 12.2 Å². The molecule has 1 aliphatic rings. The average Bonchev–Trinajstić information content (AvgIpc) is 3.35. The molecule has 3 heterocycles. The van der Waals surface area contributed by atoms with E-state index in [4.69, 9.17) is 9.47 Å². The van der Waals surface area contributed by atoms with Gasteiger partial charge in [-0.15, -0.1) is 11.8 Å². The van der Waals surface area contributed by atoms with Crippen molar-refractivity contribution >= 4 is 28.7 Å². The molecule has 1 aliphatic heterocycles. The zero-order valence-corrected chi connectivity index (χ0v) is 16.7. The highest BCUT2D eigenvalue weighted by Gasteiger charge is 2.35. The van der Waals surface area contributed by atoms with Crippen LogP contribution in [0.1, 0.15) is 18.2 Å². The summed E-state index contributed by atoms with van der Waals surface area (Å²) in [6.07, 6.45) is 1.69. The highest BCUT2D eigenvalue weighted by molar-refractivity contribution is 7.98. The van der Waals surface area contributed by atoms with E-state index in [1.807, 2.05) is 24.3 Å². The Morgan fingerprint density at radius 1 is 1.28 bits per heavy atom. The highest BCUT2D eigenvalue weighted by Crippen LogP contribution is 2.31. The number of methoxy groups -OCH3 is 1. The second kappa shape index (κ2) is 8.95. The van der Waals surface area contributed by atoms with Crippen molar-refractivity contribution in [3.05, 3.63) is 42.5 Å². The number of rotatable bonds is 8. The number of aliphatic hydroxyl groups is 2. The van der Waals surface area contributed by atoms with Crippen molar-refractivity contribution in [1.29, 1.82) is 0 Å². The molecule has 3 atom stereocenters. The van der Waals surface area contributed by atoms with Gasteiger partial charge in [0.15, 0.2) is 23.2 Å². The Labute approximate surface area is 172 Å². The Balaban J connectivity index is 1.40. The lowest BCUT2D eigenvalue weighted by molar-refractivity contribution is -0.0486. The molecule has 1 aromatic carbocycles. The van der Waals surface area contributed by atoms with E-state index in [2.05, 4.69) is 20.3 Å². The first kappa shape index (κ1) is 19.9. The largest absolute Gasteiger partial charge is 0.497 e. The van der Waals surface area contributed by atoms with Gasteiger partial charge in [-0.3, -0.25) is 4.57 Å². The van der Waals surface area contributed by atoms with Gasteiger partial charge in [-0.25, -0.2) is 15.0 Å². The summed E-state index contributed by atoms with van der Waals surface area (Å²) in [6.45, 7) is -0.132. The predicted octanol–water partition coefficient (Wildman–Crippen LogP) is 1.78. The summed E-state index contributed by atoms with van der Waals surface area (Å²) in [6, 6.07) is 7.99. The molecule has 29 heavy (non-hydrogen) atoms. The second-order valence-corrected chi connectivity index (χ2v) is 7.68. The quantitative estimate of drug-likeness (QED) is 0.373. The number of hydrogen-bond donors (Lipinski definition) is 3. The predicted molar refractivity (Wildman–Crippen MR) is 110 cm³/mol. The number of fused-ring (bicyclic) bond motifs is 1. The third-order valence-corrected chi connectivity index (χ3v) is 5.66. The number of hydrogen-bond acceptors (Lipinski definition) is 9. The van der Waals surface area contributed by atoms with Crippen molar-refractivity contribution in [2.45, 2.75) is 30.6 Å². The van der Waals surface area contributed by atoms with Crippen LogP contribution < -0.4 is 10.1 Å². The van der Waals surface area contributed by atoms with Gasteiger partial charge in [0.1, 0.15) is 18.2 Å². The van der Waals surface area contributed by atoms with Crippen molar-refractivity contribution in [3.8, 4) is 5.75 Å². The zero-order valence-electron chi connectivity index (χ0n) is 15.9. The molecule has 1 saturated heterocycles. The average molecular weight is 417 g/mol. The number of nitrogens with zero attached hydrogens (tertiary/aromatic N) is 4. The fourth-order valence-electron chi connectivity index (χ4n) is 3.28. The third kappa shape index (κ3) is 4.30. The van der Waals surface area contributed by atoms with Crippen LogP contribution >= 0.6 is 11.8 Å². The molecular weight excluding hydrogens is 394 g/mol. The van der Waals surface area contributed by atoms with Gasteiger partial charge in [-0.2, -0.15) is 0 Å². The molecule has 0 saturated carbocycles. The smallest absolute Gasteiger partial charge is 0.167 e. The number of thioether (sulfide) groups is 1. The number of ether oxygens (including phenoxy) is 2. The van der Waals surface area contributed by atoms with E-state index in [1.54, 1.807) is 29.8 Å². The molecule has 0 radical (unpaired) electrons. The Hall–Kier alpha value is -2.40. The molecule has 1 fully saturated rings. The Kier molecular flexibility index (Phi) is 6.14. The van der Waals surface area contributed by atoms with Gasteiger partial charge in [0.05, 0.1) is 32.0 Å². The molecule has 0 unspecified atom stereocenters. The fraction of sp³-hybridized carbons (Fsp3) is 0.421. The van der Waals surface area contributed by atoms with E-state index >= 15 is 0 Å². The Morgan fingerprint density at radius 3 is 2.83 bits per heavy atom. The van der Waals surface area contributed by atoms with Crippen molar-refractivity contribution < 1.29 is 19.7 Å². The summed E-state index contributed by atoms with van der Waals surface area (Å²) in [5.74, 6) is 2.98. The molecule has 0 aliphatic carbocycles. The first-order chi connectivity index (χ1) is 14.2. The normalized spacial score (nSPS) is 21.6. The van der Waals surface area contributed by atoms with Crippen molar-refractivity contribution in [1.82, 2.24) is 19.5 Å². The van der Waals surface area contributed by atoms with Gasteiger partial charge in [-0.05, 0) is 17.7 Å². The van der Waals surface area contributed by atoms with Crippen LogP contribution in [-0.4, -0.2) is 61.5 Å². The topological polar surface area (TPSA) is 115 Å². The van der Waals surface area contributed by atoms with E-state index in [-0.39, 0.29) is 12.7 Å². The van der Waals surface area contributed by atoms with Crippen LogP contribution in [0.3, 0.4) is 0 Å². The van der Waals surface area contributed by atoms with Crippen LogP contribution in [0.4, 0.5) is 5.82 Å². The number of nitrogens with one attached hydrogen (secondary N) is 1. The number of anilines is 1. The van der Waals surface area contributed by atoms with E-state index in [9.17, 15) is 10.2 Å². The van der Waals surface area contributed by atoms with Crippen LogP contribution in [0, 0.1) is 0 Å². The molecule has 0 bridgehead atoms. The van der Waals surface area contributed by atoms with Crippen LogP contribution in [0.25, 0.3) is 11.2 Å². The van der Waals surface area contributed by atoms with Crippen LogP contribution in [0.2, 0.25) is 0 Å². The lowest BCUT2D eigenvalue weighted by Gasteiger charge is -2.16. The van der Waals surface area contributed by atoms with Crippen molar-refractivity contribution in [2.24, 2.45) is 0 Å². The Morgan fingerprint density at radius 2 is 2.10 bits per heavy atom. The minimum Gasteiger partial charge on any atom is -0.497 e. The van der Waals surface area contributed by atoms with Crippen molar-refractivity contribution in [3.63, 3.8) is 0 Å². The number of imidazole rings is 1. The standard InChI is InChI=1S/C19H23N5O4S/c1-27-13-4-2-12(3-5-13)8-29-11-23-17-16-18(21-9-20-17)24(10-22-16)19-15(26)6-14(7-25)28-19/h2-5,9-10,14-15,19,25-26H,6-8,11H2,1H3,(H,20,21,23)/t14-,15+,19+/m0/s1. The van der Waals surface area contributed by atoms with Gasteiger partial charge < -0.3 is 25.0 Å². The monoisotopic (exact) mass is 417 g/mol. The van der Waals surface area contributed by atoms with Crippen LogP contribution in [0.15, 0.2) is 36.9 Å². The maximum Gasteiger partial charge on any atom is 0.167 e. The summed E-state index contributed by atoms with van der Waals surface area (Å²) >= 11 is 1.72. The Bertz CT molecular complexity index is 951. The molecule has 9 nitrogen and oxygen atoms in total. The van der Waals surface area contributed by atoms with Gasteiger partial charge >= 0.3 is 0 Å². The second-order valence-electron chi connectivity index (χ2n) is 6.70. The lowest BCUT2D eigenvalue weighted by atomic mass is 10.2. The maximum atomic E-state index is 10.3. The molecule has 0 spiro atoms. The summed E-state index contributed by atoms with van der Waals surface area (Å²) in [4.78, 5) is 13.0. The molecule has 2 aromatic heterocycles. The van der Waals surface area contributed by atoms with Crippen LogP contribution in [-0.2, 0) is 10.5 Å². The van der Waals surface area contributed by atoms with Gasteiger partial charge in [0.2, 0.25) is 0 Å². The first-order valence-electron chi connectivity index (χ1n) is 9.26. The minimum atomic E-state index is -0.726. The summed E-state index contributed by atoms with van der Waals surface area (Å²) in [7, 11) is 1.65. The first-order valence-corrected chi connectivity index (χ1v) is 10.4. The van der Waals surface area contributed by atoms with Gasteiger partial charge in [-0.1, -0.05) is 12.1 Å².